The summed E-state index contributed by atoms with van der Waals surface area (Å²) in [5, 5.41) is 3.38. The van der Waals surface area contributed by atoms with Gasteiger partial charge in [0, 0.05) is 24.2 Å². The molecule has 7 heteroatoms. The fourth-order valence-electron chi connectivity index (χ4n) is 4.29. The first-order valence-electron chi connectivity index (χ1n) is 12.5. The molecule has 3 aromatic carbocycles. The largest absolute Gasteiger partial charge is 0.496 e. The first kappa shape index (κ1) is 26.1. The highest BCUT2D eigenvalue weighted by Crippen LogP contribution is 2.29. The van der Waals surface area contributed by atoms with Crippen LogP contribution in [0.1, 0.15) is 19.4 Å². The van der Waals surface area contributed by atoms with E-state index in [0.717, 1.165) is 34.5 Å². The van der Waals surface area contributed by atoms with Crippen molar-refractivity contribution >= 4 is 16.8 Å². The first-order chi connectivity index (χ1) is 17.8. The van der Waals surface area contributed by atoms with Crippen LogP contribution in [0.5, 0.6) is 5.75 Å². The van der Waals surface area contributed by atoms with Crippen LogP contribution in [0, 0.1) is 5.92 Å². The van der Waals surface area contributed by atoms with E-state index >= 15 is 0 Å². The molecule has 0 aliphatic carbocycles. The van der Waals surface area contributed by atoms with Crippen LogP contribution in [-0.4, -0.2) is 48.1 Å². The summed E-state index contributed by atoms with van der Waals surface area (Å²) in [4.78, 5) is 33.5. The third kappa shape index (κ3) is 6.06. The summed E-state index contributed by atoms with van der Waals surface area (Å²) >= 11 is 0. The highest BCUT2D eigenvalue weighted by atomic mass is 16.5. The van der Waals surface area contributed by atoms with Crippen LogP contribution < -0.4 is 15.6 Å². The van der Waals surface area contributed by atoms with Gasteiger partial charge in [-0.3, -0.25) is 14.2 Å². The molecule has 0 bridgehead atoms. The second kappa shape index (κ2) is 11.4. The Bertz CT molecular complexity index is 1460. The van der Waals surface area contributed by atoms with Crippen molar-refractivity contribution in [2.75, 3.05) is 27.7 Å². The number of hydrogen-bond donors (Lipinski definition) is 1. The van der Waals surface area contributed by atoms with Crippen molar-refractivity contribution in [1.82, 2.24) is 19.8 Å². The van der Waals surface area contributed by atoms with Gasteiger partial charge in [-0.2, -0.15) is 0 Å². The predicted molar refractivity (Wildman–Crippen MR) is 149 cm³/mol. The molecule has 4 rings (SSSR count). The molecule has 1 amide bonds. The van der Waals surface area contributed by atoms with E-state index in [1.807, 2.05) is 88.6 Å². The summed E-state index contributed by atoms with van der Waals surface area (Å²) in [6.45, 7) is 5.24. The third-order valence-corrected chi connectivity index (χ3v) is 6.10. The van der Waals surface area contributed by atoms with Crippen LogP contribution in [0.25, 0.3) is 33.4 Å². The molecule has 0 aliphatic rings. The molecule has 0 fully saturated rings. The zero-order valence-corrected chi connectivity index (χ0v) is 22.1. The van der Waals surface area contributed by atoms with Crippen LogP contribution in [0.3, 0.4) is 0 Å². The maximum atomic E-state index is 13.8. The monoisotopic (exact) mass is 498 g/mol. The number of amides is 1. The maximum absolute atomic E-state index is 13.8. The van der Waals surface area contributed by atoms with E-state index in [2.05, 4.69) is 16.3 Å². The second-order valence-corrected chi connectivity index (χ2v) is 9.89. The zero-order chi connectivity index (χ0) is 26.5. The number of hydrogen-bond acceptors (Lipinski definition) is 5. The fraction of sp³-hybridized carbons (Fsp3) is 0.300. The Labute approximate surface area is 217 Å². The number of methoxy groups -OCH3 is 1. The van der Waals surface area contributed by atoms with E-state index in [9.17, 15) is 9.59 Å². The lowest BCUT2D eigenvalue weighted by Gasteiger charge is -2.16. The molecule has 1 N–H and O–H groups in total. The summed E-state index contributed by atoms with van der Waals surface area (Å²) in [6.07, 6.45) is 0. The summed E-state index contributed by atoms with van der Waals surface area (Å²) in [5.74, 6) is 1.40. The summed E-state index contributed by atoms with van der Waals surface area (Å²) in [7, 11) is 5.69. The van der Waals surface area contributed by atoms with Crippen molar-refractivity contribution in [3.05, 3.63) is 82.6 Å². The molecule has 4 aromatic rings. The van der Waals surface area contributed by atoms with Gasteiger partial charge in [-0.1, -0.05) is 56.3 Å². The molecule has 37 heavy (non-hydrogen) atoms. The van der Waals surface area contributed by atoms with E-state index in [1.165, 1.54) is 4.57 Å². The quantitative estimate of drug-likeness (QED) is 0.366. The normalized spacial score (nSPS) is 11.3. The minimum atomic E-state index is -0.243. The van der Waals surface area contributed by atoms with E-state index in [-0.39, 0.29) is 18.0 Å². The Morgan fingerprint density at radius 1 is 1.00 bits per heavy atom. The van der Waals surface area contributed by atoms with Crippen molar-refractivity contribution in [2.45, 2.75) is 26.9 Å². The molecule has 0 radical (unpaired) electrons. The minimum Gasteiger partial charge on any atom is -0.496 e. The van der Waals surface area contributed by atoms with E-state index in [1.54, 1.807) is 7.11 Å². The standard InChI is InChI=1S/C30H34N4O3/c1-20(2)17-31-28(35)19-34-29(21-9-7-6-8-10-21)32-26-13-11-23(16-25(26)30(34)36)22-12-14-27(37-5)24(15-22)18-33(3)4/h6-16,20H,17-19H2,1-5H3,(H,31,35). The lowest BCUT2D eigenvalue weighted by Crippen LogP contribution is -2.35. The highest BCUT2D eigenvalue weighted by molar-refractivity contribution is 5.86. The van der Waals surface area contributed by atoms with Crippen LogP contribution in [0.15, 0.2) is 71.5 Å². The molecule has 7 nitrogen and oxygen atoms in total. The van der Waals surface area contributed by atoms with E-state index in [4.69, 9.17) is 9.72 Å². The molecule has 0 saturated heterocycles. The molecular formula is C30H34N4O3. The number of fused-ring (bicyclic) bond motifs is 1. The summed E-state index contributed by atoms with van der Waals surface area (Å²) in [5.41, 5.74) is 4.07. The number of carbonyl (C=O) groups is 1. The van der Waals surface area contributed by atoms with Crippen molar-refractivity contribution in [2.24, 2.45) is 5.92 Å². The lowest BCUT2D eigenvalue weighted by molar-refractivity contribution is -0.121. The number of aromatic nitrogens is 2. The molecule has 0 unspecified atom stereocenters. The lowest BCUT2D eigenvalue weighted by atomic mass is 10.0. The minimum absolute atomic E-state index is 0.0987. The number of ether oxygens (including phenoxy) is 1. The summed E-state index contributed by atoms with van der Waals surface area (Å²) in [6, 6.07) is 21.2. The van der Waals surface area contributed by atoms with Crippen molar-refractivity contribution in [3.8, 4) is 28.3 Å². The Morgan fingerprint density at radius 3 is 2.38 bits per heavy atom. The number of nitrogens with zero attached hydrogens (tertiary/aromatic N) is 3. The second-order valence-electron chi connectivity index (χ2n) is 9.89. The van der Waals surface area contributed by atoms with Gasteiger partial charge in [0.25, 0.3) is 5.56 Å². The van der Waals surface area contributed by atoms with Crippen LogP contribution in [0.2, 0.25) is 0 Å². The van der Waals surface area contributed by atoms with Crippen molar-refractivity contribution < 1.29 is 9.53 Å². The molecular weight excluding hydrogens is 464 g/mol. The molecule has 0 spiro atoms. The number of benzene rings is 3. The third-order valence-electron chi connectivity index (χ3n) is 6.10. The van der Waals surface area contributed by atoms with Gasteiger partial charge in [-0.25, -0.2) is 4.98 Å². The summed E-state index contributed by atoms with van der Waals surface area (Å²) < 4.78 is 7.02. The smallest absolute Gasteiger partial charge is 0.262 e. The number of rotatable bonds is 9. The fourth-order valence-corrected chi connectivity index (χ4v) is 4.29. The number of nitrogens with one attached hydrogen (secondary N) is 1. The van der Waals surface area contributed by atoms with Gasteiger partial charge in [0.2, 0.25) is 5.91 Å². The molecule has 192 valence electrons. The van der Waals surface area contributed by atoms with Gasteiger partial charge >= 0.3 is 0 Å². The van der Waals surface area contributed by atoms with E-state index < -0.39 is 0 Å². The average Bonchev–Trinajstić information content (AvgIpc) is 2.89. The van der Waals surface area contributed by atoms with Crippen LogP contribution in [-0.2, 0) is 17.9 Å². The van der Waals surface area contributed by atoms with Gasteiger partial charge in [0.15, 0.2) is 0 Å². The van der Waals surface area contributed by atoms with Gasteiger partial charge in [0.05, 0.1) is 18.0 Å². The predicted octanol–water partition coefficient (Wildman–Crippen LogP) is 4.57. The van der Waals surface area contributed by atoms with Gasteiger partial charge in [-0.15, -0.1) is 0 Å². The van der Waals surface area contributed by atoms with Gasteiger partial charge in [0.1, 0.15) is 18.1 Å². The Kier molecular flexibility index (Phi) is 8.04. The first-order valence-corrected chi connectivity index (χ1v) is 12.5. The maximum Gasteiger partial charge on any atom is 0.262 e. The molecule has 1 heterocycles. The Morgan fingerprint density at radius 2 is 1.70 bits per heavy atom. The molecule has 1 aromatic heterocycles. The topological polar surface area (TPSA) is 76.5 Å². The van der Waals surface area contributed by atoms with Gasteiger partial charge < -0.3 is 15.0 Å². The number of carbonyl (C=O) groups excluding carboxylic acids is 1. The Hall–Kier alpha value is -3.97. The van der Waals surface area contributed by atoms with Crippen LogP contribution in [0.4, 0.5) is 0 Å². The van der Waals surface area contributed by atoms with Crippen LogP contribution >= 0.6 is 0 Å². The van der Waals surface area contributed by atoms with Crippen molar-refractivity contribution in [3.63, 3.8) is 0 Å². The Balaban J connectivity index is 1.83. The molecule has 0 aliphatic heterocycles. The van der Waals surface area contributed by atoms with Crippen molar-refractivity contribution in [1.29, 1.82) is 0 Å². The average molecular weight is 499 g/mol. The van der Waals surface area contributed by atoms with E-state index in [0.29, 0.717) is 29.2 Å². The molecule has 0 saturated carbocycles. The SMILES string of the molecule is COc1ccc(-c2ccc3nc(-c4ccccc4)n(CC(=O)NCC(C)C)c(=O)c3c2)cc1CN(C)C. The van der Waals surface area contributed by atoms with Gasteiger partial charge in [-0.05, 0) is 55.4 Å². The zero-order valence-electron chi connectivity index (χ0n) is 22.1. The highest BCUT2D eigenvalue weighted by Gasteiger charge is 2.17. The molecule has 0 atom stereocenters.